The summed E-state index contributed by atoms with van der Waals surface area (Å²) in [5.74, 6) is 1.03. The molecule has 0 aliphatic carbocycles. The number of halogens is 1. The third-order valence-electron chi connectivity index (χ3n) is 5.00. The van der Waals surface area contributed by atoms with Gasteiger partial charge < -0.3 is 20.1 Å². The minimum Gasteiger partial charge on any atom is -0.494 e. The van der Waals surface area contributed by atoms with Crippen molar-refractivity contribution in [1.82, 2.24) is 20.3 Å². The van der Waals surface area contributed by atoms with Crippen molar-refractivity contribution < 1.29 is 18.7 Å². The molecule has 8 nitrogen and oxygen atoms in total. The van der Waals surface area contributed by atoms with Crippen molar-refractivity contribution in [3.05, 3.63) is 60.7 Å². The molecule has 0 fully saturated rings. The zero-order valence-electron chi connectivity index (χ0n) is 18.3. The summed E-state index contributed by atoms with van der Waals surface area (Å²) in [6.45, 7) is -0.213. The van der Waals surface area contributed by atoms with Crippen LogP contribution in [-0.2, 0) is 4.79 Å². The van der Waals surface area contributed by atoms with Crippen LogP contribution < -0.4 is 20.1 Å². The van der Waals surface area contributed by atoms with E-state index in [-0.39, 0.29) is 18.3 Å². The Hall–Kier alpha value is -4.27. The Morgan fingerprint density at radius 3 is 2.58 bits per heavy atom. The van der Waals surface area contributed by atoms with Crippen LogP contribution in [0, 0.1) is 5.82 Å². The summed E-state index contributed by atoms with van der Waals surface area (Å²) in [7, 11) is 4.82. The number of fused-ring (bicyclic) bond motifs is 1. The van der Waals surface area contributed by atoms with Crippen molar-refractivity contribution in [2.24, 2.45) is 0 Å². The van der Waals surface area contributed by atoms with E-state index >= 15 is 0 Å². The first-order chi connectivity index (χ1) is 16.0. The van der Waals surface area contributed by atoms with E-state index in [1.165, 1.54) is 19.2 Å². The van der Waals surface area contributed by atoms with Crippen molar-refractivity contribution >= 4 is 22.6 Å². The Morgan fingerprint density at radius 2 is 1.88 bits per heavy atom. The molecule has 0 aliphatic heterocycles. The van der Waals surface area contributed by atoms with Crippen molar-refractivity contribution in [2.45, 2.75) is 0 Å². The standard InChI is InChI=1S/C24H22FN5O3/c1-26-21(31)13-33-18-8-15(7-17(25)11-18)16-9-19-22(20(10-16)32-3)29-23(30-24(19)27-2)14-5-4-6-28-12-14/h4-12H,13H2,1-3H3,(H,26,31)(H,27,29,30). The van der Waals surface area contributed by atoms with E-state index in [1.54, 1.807) is 38.7 Å². The van der Waals surface area contributed by atoms with Gasteiger partial charge in [-0.1, -0.05) is 0 Å². The van der Waals surface area contributed by atoms with Crippen molar-refractivity contribution in [3.8, 4) is 34.0 Å². The van der Waals surface area contributed by atoms with Gasteiger partial charge in [0, 0.05) is 43.5 Å². The van der Waals surface area contributed by atoms with Crippen LogP contribution in [0.15, 0.2) is 54.9 Å². The number of methoxy groups -OCH3 is 1. The molecule has 2 N–H and O–H groups in total. The molecule has 9 heteroatoms. The summed E-state index contributed by atoms with van der Waals surface area (Å²) >= 11 is 0. The highest BCUT2D eigenvalue weighted by atomic mass is 19.1. The second-order valence-corrected chi connectivity index (χ2v) is 7.10. The largest absolute Gasteiger partial charge is 0.494 e. The minimum absolute atomic E-state index is 0.213. The molecule has 0 saturated carbocycles. The number of carbonyl (C=O) groups excluding carboxylic acids is 1. The fraction of sp³-hybridized carbons (Fsp3) is 0.167. The second-order valence-electron chi connectivity index (χ2n) is 7.10. The highest BCUT2D eigenvalue weighted by Gasteiger charge is 2.16. The zero-order chi connectivity index (χ0) is 23.4. The Labute approximate surface area is 189 Å². The summed E-state index contributed by atoms with van der Waals surface area (Å²) in [4.78, 5) is 24.9. The molecule has 2 aromatic carbocycles. The molecule has 0 saturated heterocycles. The molecule has 0 spiro atoms. The van der Waals surface area contributed by atoms with Gasteiger partial charge in [-0.15, -0.1) is 0 Å². The van der Waals surface area contributed by atoms with Gasteiger partial charge in [-0.25, -0.2) is 14.4 Å². The highest BCUT2D eigenvalue weighted by Crippen LogP contribution is 2.36. The summed E-state index contributed by atoms with van der Waals surface area (Å²) < 4.78 is 25.4. The number of pyridine rings is 1. The number of benzene rings is 2. The van der Waals surface area contributed by atoms with E-state index in [2.05, 4.69) is 20.6 Å². The van der Waals surface area contributed by atoms with Gasteiger partial charge in [0.25, 0.3) is 5.91 Å². The number of hydrogen-bond donors (Lipinski definition) is 2. The van der Waals surface area contributed by atoms with E-state index in [9.17, 15) is 9.18 Å². The van der Waals surface area contributed by atoms with Crippen LogP contribution in [-0.4, -0.2) is 48.7 Å². The SMILES string of the molecule is CNC(=O)COc1cc(F)cc(-c2cc(OC)c3nc(-c4cccnc4)nc(NC)c3c2)c1. The lowest BCUT2D eigenvalue weighted by Gasteiger charge is -2.14. The number of nitrogens with zero attached hydrogens (tertiary/aromatic N) is 3. The van der Waals surface area contributed by atoms with Gasteiger partial charge in [0.2, 0.25) is 0 Å². The van der Waals surface area contributed by atoms with Crippen molar-refractivity contribution in [3.63, 3.8) is 0 Å². The van der Waals surface area contributed by atoms with Gasteiger partial charge in [-0.2, -0.15) is 0 Å². The number of aromatic nitrogens is 3. The lowest BCUT2D eigenvalue weighted by Crippen LogP contribution is -2.24. The molecule has 0 bridgehead atoms. The Balaban J connectivity index is 1.83. The first-order valence-corrected chi connectivity index (χ1v) is 10.1. The minimum atomic E-state index is -0.490. The van der Waals surface area contributed by atoms with E-state index in [0.29, 0.717) is 39.4 Å². The molecule has 168 valence electrons. The van der Waals surface area contributed by atoms with Gasteiger partial charge in [-0.3, -0.25) is 9.78 Å². The van der Waals surface area contributed by atoms with Gasteiger partial charge in [0.15, 0.2) is 12.4 Å². The van der Waals surface area contributed by atoms with Gasteiger partial charge in [0.05, 0.1) is 7.11 Å². The molecule has 4 rings (SSSR count). The van der Waals surface area contributed by atoms with Crippen LogP contribution in [0.4, 0.5) is 10.2 Å². The number of amides is 1. The average molecular weight is 447 g/mol. The molecule has 0 atom stereocenters. The Kier molecular flexibility index (Phi) is 6.30. The summed E-state index contributed by atoms with van der Waals surface area (Å²) in [6.07, 6.45) is 3.37. The number of carbonyl (C=O) groups is 1. The van der Waals surface area contributed by atoms with Gasteiger partial charge in [-0.05, 0) is 47.5 Å². The molecule has 2 aromatic heterocycles. The van der Waals surface area contributed by atoms with E-state index in [4.69, 9.17) is 14.5 Å². The third-order valence-corrected chi connectivity index (χ3v) is 5.00. The third kappa shape index (κ3) is 4.67. The molecule has 0 aliphatic rings. The number of nitrogens with one attached hydrogen (secondary N) is 2. The average Bonchev–Trinajstić information content (AvgIpc) is 2.86. The summed E-state index contributed by atoms with van der Waals surface area (Å²) in [6, 6.07) is 11.6. The molecule has 0 unspecified atom stereocenters. The second kappa shape index (κ2) is 9.47. The lowest BCUT2D eigenvalue weighted by molar-refractivity contribution is -0.122. The van der Waals surface area contributed by atoms with E-state index in [1.807, 2.05) is 18.2 Å². The van der Waals surface area contributed by atoms with E-state index < -0.39 is 5.82 Å². The fourth-order valence-electron chi connectivity index (χ4n) is 3.37. The molecular formula is C24H22FN5O3. The monoisotopic (exact) mass is 447 g/mol. The number of likely N-dealkylation sites (N-methyl/N-ethyl adjacent to an activating group) is 1. The molecule has 4 aromatic rings. The quantitative estimate of drug-likeness (QED) is 0.446. The topological polar surface area (TPSA) is 98.3 Å². The smallest absolute Gasteiger partial charge is 0.257 e. The van der Waals surface area contributed by atoms with Crippen LogP contribution in [0.1, 0.15) is 0 Å². The Bertz CT molecular complexity index is 1310. The van der Waals surface area contributed by atoms with Gasteiger partial charge >= 0.3 is 0 Å². The molecule has 0 radical (unpaired) electrons. The Morgan fingerprint density at radius 1 is 1.06 bits per heavy atom. The highest BCUT2D eigenvalue weighted by molar-refractivity contribution is 5.97. The van der Waals surface area contributed by atoms with Crippen molar-refractivity contribution in [2.75, 3.05) is 33.1 Å². The van der Waals surface area contributed by atoms with Crippen LogP contribution in [0.25, 0.3) is 33.4 Å². The van der Waals surface area contributed by atoms with Crippen LogP contribution in [0.5, 0.6) is 11.5 Å². The van der Waals surface area contributed by atoms with Crippen LogP contribution in [0.3, 0.4) is 0 Å². The van der Waals surface area contributed by atoms with Gasteiger partial charge in [0.1, 0.15) is 28.7 Å². The predicted molar refractivity (Wildman–Crippen MR) is 124 cm³/mol. The normalized spacial score (nSPS) is 10.7. The predicted octanol–water partition coefficient (Wildman–Crippen LogP) is 3.67. The molecule has 2 heterocycles. The number of hydrogen-bond acceptors (Lipinski definition) is 7. The number of rotatable bonds is 7. The molecule has 1 amide bonds. The summed E-state index contributed by atoms with van der Waals surface area (Å²) in [5, 5.41) is 6.27. The van der Waals surface area contributed by atoms with Crippen LogP contribution in [0.2, 0.25) is 0 Å². The van der Waals surface area contributed by atoms with E-state index in [0.717, 1.165) is 5.56 Å². The van der Waals surface area contributed by atoms with Crippen LogP contribution >= 0.6 is 0 Å². The summed E-state index contributed by atoms with van der Waals surface area (Å²) in [5.41, 5.74) is 2.61. The molecule has 33 heavy (non-hydrogen) atoms. The number of anilines is 1. The molecular weight excluding hydrogens is 425 g/mol. The van der Waals surface area contributed by atoms with Crippen molar-refractivity contribution in [1.29, 1.82) is 0 Å². The zero-order valence-corrected chi connectivity index (χ0v) is 18.3. The maximum absolute atomic E-state index is 14.3. The maximum atomic E-state index is 14.3. The first kappa shape index (κ1) is 21.9. The number of ether oxygens (including phenoxy) is 2. The maximum Gasteiger partial charge on any atom is 0.257 e. The fourth-order valence-corrected chi connectivity index (χ4v) is 3.37. The lowest BCUT2D eigenvalue weighted by atomic mass is 10.0. The first-order valence-electron chi connectivity index (χ1n) is 10.1.